The van der Waals surface area contributed by atoms with Gasteiger partial charge in [0.05, 0.1) is 11.0 Å². The number of carboxylic acids is 1. The second-order valence-corrected chi connectivity index (χ2v) is 8.09. The summed E-state index contributed by atoms with van der Waals surface area (Å²) in [6, 6.07) is 6.36. The van der Waals surface area contributed by atoms with Gasteiger partial charge in [0.2, 0.25) is 11.9 Å². The molecule has 4 rings (SSSR count). The number of benzene rings is 1. The van der Waals surface area contributed by atoms with Crippen LogP contribution in [-0.4, -0.2) is 54.1 Å². The first kappa shape index (κ1) is 14.4. The Morgan fingerprint density at radius 2 is 2.17 bits per heavy atom. The van der Waals surface area contributed by atoms with Crippen LogP contribution >= 0.6 is 11.8 Å². The van der Waals surface area contributed by atoms with E-state index >= 15 is 0 Å². The lowest BCUT2D eigenvalue weighted by molar-refractivity contribution is -0.158. The molecule has 8 heteroatoms. The van der Waals surface area contributed by atoms with Crippen molar-refractivity contribution in [2.24, 2.45) is 0 Å². The lowest BCUT2D eigenvalue weighted by Gasteiger charge is -2.43. The molecule has 3 N–H and O–H groups in total. The van der Waals surface area contributed by atoms with E-state index in [2.05, 4.69) is 15.3 Å². The number of anilines is 1. The molecular formula is C15H16N4O3S. The fourth-order valence-electron chi connectivity index (χ4n) is 3.31. The van der Waals surface area contributed by atoms with Gasteiger partial charge in [0.1, 0.15) is 17.5 Å². The summed E-state index contributed by atoms with van der Waals surface area (Å²) in [7, 11) is 0. The first-order valence-corrected chi connectivity index (χ1v) is 8.20. The number of aromatic nitrogens is 2. The molecule has 2 aromatic rings. The van der Waals surface area contributed by atoms with Crippen LogP contribution in [0.2, 0.25) is 0 Å². The number of carboxylic acid groups (broad SMARTS) is 1. The lowest BCUT2D eigenvalue weighted by Crippen LogP contribution is -2.68. The fraction of sp³-hybridized carbons (Fsp3) is 0.400. The van der Waals surface area contributed by atoms with E-state index < -0.39 is 22.8 Å². The van der Waals surface area contributed by atoms with Crippen LogP contribution in [0.15, 0.2) is 24.3 Å². The number of hydrogen-bond acceptors (Lipinski definition) is 5. The van der Waals surface area contributed by atoms with Crippen molar-refractivity contribution < 1.29 is 14.7 Å². The van der Waals surface area contributed by atoms with Gasteiger partial charge in [-0.2, -0.15) is 0 Å². The molecule has 3 atom stereocenters. The Labute approximate surface area is 136 Å². The number of nitrogens with one attached hydrogen (secondary N) is 2. The van der Waals surface area contributed by atoms with Crippen molar-refractivity contribution in [3.8, 4) is 0 Å². The third-order valence-electron chi connectivity index (χ3n) is 4.36. The van der Waals surface area contributed by atoms with Crippen molar-refractivity contribution in [3.63, 3.8) is 0 Å². The minimum Gasteiger partial charge on any atom is -0.480 e. The summed E-state index contributed by atoms with van der Waals surface area (Å²) in [5.41, 5.74) is 1.71. The van der Waals surface area contributed by atoms with Gasteiger partial charge in [-0.25, -0.2) is 9.78 Å². The van der Waals surface area contributed by atoms with Gasteiger partial charge in [0, 0.05) is 4.75 Å². The number of para-hydroxylation sites is 2. The summed E-state index contributed by atoms with van der Waals surface area (Å²) in [6.07, 6.45) is 0. The predicted octanol–water partition coefficient (Wildman–Crippen LogP) is 1.49. The van der Waals surface area contributed by atoms with E-state index in [0.717, 1.165) is 11.0 Å². The highest BCUT2D eigenvalue weighted by Gasteiger charge is 2.64. The van der Waals surface area contributed by atoms with Crippen LogP contribution in [0.5, 0.6) is 0 Å². The Morgan fingerprint density at radius 1 is 1.43 bits per heavy atom. The van der Waals surface area contributed by atoms with Crippen LogP contribution in [-0.2, 0) is 9.59 Å². The van der Waals surface area contributed by atoms with Gasteiger partial charge in [-0.1, -0.05) is 12.1 Å². The van der Waals surface area contributed by atoms with Crippen LogP contribution < -0.4 is 5.32 Å². The minimum atomic E-state index is -0.958. The van der Waals surface area contributed by atoms with E-state index in [1.807, 2.05) is 38.1 Å². The highest BCUT2D eigenvalue weighted by molar-refractivity contribution is 8.01. The number of H-pyrrole nitrogens is 1. The highest BCUT2D eigenvalue weighted by Crippen LogP contribution is 2.51. The molecule has 7 nitrogen and oxygen atoms in total. The lowest BCUT2D eigenvalue weighted by atomic mass is 9.96. The fourth-order valence-corrected chi connectivity index (χ4v) is 4.94. The summed E-state index contributed by atoms with van der Waals surface area (Å²) in [5.74, 6) is -0.622. The topological polar surface area (TPSA) is 98.3 Å². The molecule has 2 aliphatic rings. The SMILES string of the molecule is CC1(C)S[C@@H]2C(Nc3nc4ccccc4[nH]3)C(=O)N2C1C(=O)O. The zero-order chi connectivity index (χ0) is 16.4. The summed E-state index contributed by atoms with van der Waals surface area (Å²) in [5, 5.41) is 12.3. The van der Waals surface area contributed by atoms with E-state index in [-0.39, 0.29) is 11.3 Å². The van der Waals surface area contributed by atoms with Gasteiger partial charge in [-0.15, -0.1) is 11.8 Å². The van der Waals surface area contributed by atoms with Crippen LogP contribution in [0.3, 0.4) is 0 Å². The Kier molecular flexibility index (Phi) is 2.90. The monoisotopic (exact) mass is 332 g/mol. The van der Waals surface area contributed by atoms with Crippen molar-refractivity contribution in [2.75, 3.05) is 5.32 Å². The number of rotatable bonds is 3. The number of β-lactam (4-membered cyclic amide) rings is 1. The van der Waals surface area contributed by atoms with Crippen LogP contribution in [0.4, 0.5) is 5.95 Å². The van der Waals surface area contributed by atoms with Crippen molar-refractivity contribution in [3.05, 3.63) is 24.3 Å². The standard InChI is InChI=1S/C15H16N4O3S/c1-15(2)10(13(21)22)19-11(20)9(12(19)23-15)18-14-16-7-5-3-4-6-8(7)17-14/h3-6,9-10,12H,1-2H3,(H,21,22)(H2,16,17,18)/t9?,10?,12-/m1/s1. The second kappa shape index (κ2) is 4.64. The number of aromatic amines is 1. The van der Waals surface area contributed by atoms with Gasteiger partial charge >= 0.3 is 5.97 Å². The quantitative estimate of drug-likeness (QED) is 0.737. The number of hydrogen-bond donors (Lipinski definition) is 3. The van der Waals surface area contributed by atoms with Gasteiger partial charge in [-0.3, -0.25) is 4.79 Å². The molecule has 2 aliphatic heterocycles. The Balaban J connectivity index is 1.58. The third-order valence-corrected chi connectivity index (χ3v) is 5.93. The molecule has 2 fully saturated rings. The van der Waals surface area contributed by atoms with Crippen LogP contribution in [0, 0.1) is 0 Å². The number of nitrogens with zero attached hydrogens (tertiary/aromatic N) is 2. The molecule has 0 spiro atoms. The maximum absolute atomic E-state index is 12.4. The third kappa shape index (κ3) is 2.01. The summed E-state index contributed by atoms with van der Waals surface area (Å²) >= 11 is 1.51. The largest absolute Gasteiger partial charge is 0.480 e. The van der Waals surface area contributed by atoms with Crippen LogP contribution in [0.1, 0.15) is 13.8 Å². The Morgan fingerprint density at radius 3 is 2.87 bits per heavy atom. The smallest absolute Gasteiger partial charge is 0.327 e. The van der Waals surface area contributed by atoms with Crippen molar-refractivity contribution >= 4 is 40.6 Å². The van der Waals surface area contributed by atoms with Crippen molar-refractivity contribution in [1.29, 1.82) is 0 Å². The molecule has 0 saturated carbocycles. The first-order chi connectivity index (χ1) is 10.9. The number of amides is 1. The molecule has 3 heterocycles. The van der Waals surface area contributed by atoms with Gasteiger partial charge in [-0.05, 0) is 26.0 Å². The highest BCUT2D eigenvalue weighted by atomic mass is 32.2. The number of imidazole rings is 1. The van der Waals surface area contributed by atoms with Gasteiger partial charge in [0.25, 0.3) is 0 Å². The molecule has 23 heavy (non-hydrogen) atoms. The maximum Gasteiger partial charge on any atom is 0.327 e. The molecule has 1 aromatic heterocycles. The Bertz CT molecular complexity index is 785. The molecule has 1 amide bonds. The molecule has 120 valence electrons. The van der Waals surface area contributed by atoms with E-state index in [1.165, 1.54) is 16.7 Å². The van der Waals surface area contributed by atoms with Gasteiger partial charge < -0.3 is 20.3 Å². The van der Waals surface area contributed by atoms with E-state index in [1.54, 1.807) is 0 Å². The van der Waals surface area contributed by atoms with E-state index in [9.17, 15) is 14.7 Å². The molecule has 1 aromatic carbocycles. The molecule has 0 radical (unpaired) electrons. The second-order valence-electron chi connectivity index (χ2n) is 6.32. The number of aliphatic carboxylic acids is 1. The molecule has 0 aliphatic carbocycles. The number of carbonyl (C=O) groups excluding carboxylic acids is 1. The zero-order valence-electron chi connectivity index (χ0n) is 12.6. The van der Waals surface area contributed by atoms with Crippen molar-refractivity contribution in [1.82, 2.24) is 14.9 Å². The molecule has 2 unspecified atom stereocenters. The molecule has 2 saturated heterocycles. The number of fused-ring (bicyclic) bond motifs is 2. The molecule has 0 bridgehead atoms. The summed E-state index contributed by atoms with van der Waals surface area (Å²) in [6.45, 7) is 3.72. The predicted molar refractivity (Wildman–Crippen MR) is 87.2 cm³/mol. The number of thioether (sulfide) groups is 1. The van der Waals surface area contributed by atoms with Crippen molar-refractivity contribution in [2.45, 2.75) is 36.1 Å². The normalized spacial score (nSPS) is 28.5. The average Bonchev–Trinajstić information content (AvgIpc) is 3.00. The van der Waals surface area contributed by atoms with E-state index in [0.29, 0.717) is 5.95 Å². The zero-order valence-corrected chi connectivity index (χ0v) is 13.4. The summed E-state index contributed by atoms with van der Waals surface area (Å²) < 4.78 is -0.517. The average molecular weight is 332 g/mol. The van der Waals surface area contributed by atoms with Crippen LogP contribution in [0.25, 0.3) is 11.0 Å². The summed E-state index contributed by atoms with van der Waals surface area (Å²) in [4.78, 5) is 32.9. The maximum atomic E-state index is 12.4. The van der Waals surface area contributed by atoms with E-state index in [4.69, 9.17) is 0 Å². The Hall–Kier alpha value is -2.22. The van der Waals surface area contributed by atoms with Gasteiger partial charge in [0.15, 0.2) is 0 Å². The minimum absolute atomic E-state index is 0.188. The number of carbonyl (C=O) groups is 2. The first-order valence-electron chi connectivity index (χ1n) is 7.32. The molecular weight excluding hydrogens is 316 g/mol.